The van der Waals surface area contributed by atoms with Gasteiger partial charge < -0.3 is 5.32 Å². The normalized spacial score (nSPS) is 11.7. The van der Waals surface area contributed by atoms with E-state index in [0.717, 1.165) is 18.5 Å². The van der Waals surface area contributed by atoms with E-state index in [9.17, 15) is 22.4 Å². The molecule has 0 bridgehead atoms. The van der Waals surface area contributed by atoms with E-state index in [4.69, 9.17) is 0 Å². The Kier molecular flexibility index (Phi) is 5.27. The summed E-state index contributed by atoms with van der Waals surface area (Å²) in [6.45, 7) is 0. The Morgan fingerprint density at radius 2 is 1.77 bits per heavy atom. The third kappa shape index (κ3) is 4.33. The molecule has 0 atom stereocenters. The molecule has 176 valence electrons. The number of carbonyl (C=O) groups is 1. The fraction of sp³-hybridized carbons (Fsp3) is 0.0870. The van der Waals surface area contributed by atoms with Crippen LogP contribution in [0.1, 0.15) is 15.9 Å². The zero-order valence-corrected chi connectivity index (χ0v) is 18.0. The van der Waals surface area contributed by atoms with E-state index in [1.807, 2.05) is 0 Å². The van der Waals surface area contributed by atoms with Crippen molar-refractivity contribution in [2.75, 3.05) is 5.32 Å². The molecule has 0 aliphatic rings. The summed E-state index contributed by atoms with van der Waals surface area (Å²) in [7, 11) is 1.74. The second-order valence-corrected chi connectivity index (χ2v) is 7.59. The standard InChI is InChI=1S/C23H15F4N7O/c1-33-11-16(21(32-33)13-2-4-14(24)5-3-13)18-6-7-20-29-19(12-34(20)31-18)30-22(35)15-10-28-9-8-17(15)23(25,26)27/h2-12H,1H3,(H,30,35). The molecule has 0 saturated heterocycles. The van der Waals surface area contributed by atoms with Crippen LogP contribution in [0, 0.1) is 5.82 Å². The fourth-order valence-electron chi connectivity index (χ4n) is 3.59. The first-order valence-electron chi connectivity index (χ1n) is 10.2. The Balaban J connectivity index is 1.47. The van der Waals surface area contributed by atoms with Crippen molar-refractivity contribution in [1.29, 1.82) is 0 Å². The zero-order valence-electron chi connectivity index (χ0n) is 18.0. The number of carbonyl (C=O) groups excluding carboxylic acids is 1. The molecule has 0 radical (unpaired) electrons. The number of halogens is 4. The maximum atomic E-state index is 13.3. The maximum absolute atomic E-state index is 13.3. The number of aryl methyl sites for hydroxylation is 1. The lowest BCUT2D eigenvalue weighted by molar-refractivity contribution is -0.138. The van der Waals surface area contributed by atoms with Gasteiger partial charge in [-0.15, -0.1) is 0 Å². The second kappa shape index (κ2) is 8.31. The van der Waals surface area contributed by atoms with Gasteiger partial charge in [-0.25, -0.2) is 13.9 Å². The molecular weight excluding hydrogens is 466 g/mol. The molecule has 0 spiro atoms. The van der Waals surface area contributed by atoms with E-state index in [2.05, 4.69) is 25.5 Å². The Labute approximate surface area is 194 Å². The highest BCUT2D eigenvalue weighted by Gasteiger charge is 2.35. The van der Waals surface area contributed by atoms with Crippen LogP contribution in [0.2, 0.25) is 0 Å². The van der Waals surface area contributed by atoms with Crippen LogP contribution in [-0.4, -0.2) is 35.3 Å². The lowest BCUT2D eigenvalue weighted by atomic mass is 10.1. The van der Waals surface area contributed by atoms with Crippen LogP contribution in [-0.2, 0) is 13.2 Å². The number of pyridine rings is 1. The number of alkyl halides is 3. The van der Waals surface area contributed by atoms with E-state index in [1.54, 1.807) is 42.2 Å². The molecule has 1 amide bonds. The van der Waals surface area contributed by atoms with E-state index in [1.165, 1.54) is 22.8 Å². The second-order valence-electron chi connectivity index (χ2n) is 7.59. The number of hydrogen-bond donors (Lipinski definition) is 1. The minimum Gasteiger partial charge on any atom is -0.305 e. The molecule has 0 aliphatic carbocycles. The highest BCUT2D eigenvalue weighted by Crippen LogP contribution is 2.32. The highest BCUT2D eigenvalue weighted by atomic mass is 19.4. The fourth-order valence-corrected chi connectivity index (χ4v) is 3.59. The minimum atomic E-state index is -4.71. The summed E-state index contributed by atoms with van der Waals surface area (Å²) in [6.07, 6.45) is 0.247. The Bertz CT molecular complexity index is 1550. The summed E-state index contributed by atoms with van der Waals surface area (Å²) in [5.74, 6) is -1.35. The molecule has 1 N–H and O–H groups in total. The Hall–Kier alpha value is -4.61. The van der Waals surface area contributed by atoms with Crippen molar-refractivity contribution in [3.05, 3.63) is 84.2 Å². The van der Waals surface area contributed by atoms with Crippen molar-refractivity contribution in [1.82, 2.24) is 29.4 Å². The molecule has 5 aromatic rings. The predicted octanol–water partition coefficient (Wildman–Crippen LogP) is 4.60. The van der Waals surface area contributed by atoms with Crippen molar-refractivity contribution in [3.63, 3.8) is 0 Å². The van der Waals surface area contributed by atoms with E-state index in [0.29, 0.717) is 28.2 Å². The molecule has 0 unspecified atom stereocenters. The third-order valence-electron chi connectivity index (χ3n) is 5.16. The molecule has 0 fully saturated rings. The quantitative estimate of drug-likeness (QED) is 0.379. The molecule has 35 heavy (non-hydrogen) atoms. The summed E-state index contributed by atoms with van der Waals surface area (Å²) in [6, 6.07) is 9.96. The topological polar surface area (TPSA) is 90.0 Å². The van der Waals surface area contributed by atoms with Crippen molar-refractivity contribution in [3.8, 4) is 22.5 Å². The zero-order chi connectivity index (χ0) is 24.7. The number of nitrogens with zero attached hydrogens (tertiary/aromatic N) is 6. The number of aromatic nitrogens is 6. The van der Waals surface area contributed by atoms with Gasteiger partial charge in [-0.3, -0.25) is 14.5 Å². The Morgan fingerprint density at radius 1 is 1.00 bits per heavy atom. The number of fused-ring (bicyclic) bond motifs is 1. The van der Waals surface area contributed by atoms with Gasteiger partial charge in [0.05, 0.1) is 23.0 Å². The number of rotatable bonds is 4. The van der Waals surface area contributed by atoms with Gasteiger partial charge in [0.2, 0.25) is 0 Å². The first-order valence-corrected chi connectivity index (χ1v) is 10.2. The summed E-state index contributed by atoms with van der Waals surface area (Å²) in [5.41, 5.74) is 1.11. The molecule has 4 aromatic heterocycles. The number of benzene rings is 1. The van der Waals surface area contributed by atoms with E-state index < -0.39 is 23.2 Å². The number of anilines is 1. The van der Waals surface area contributed by atoms with Crippen LogP contribution in [0.3, 0.4) is 0 Å². The van der Waals surface area contributed by atoms with Crippen LogP contribution < -0.4 is 5.32 Å². The number of amides is 1. The monoisotopic (exact) mass is 481 g/mol. The first kappa shape index (κ1) is 22.2. The predicted molar refractivity (Wildman–Crippen MR) is 118 cm³/mol. The number of hydrogen-bond acceptors (Lipinski definition) is 5. The largest absolute Gasteiger partial charge is 0.417 e. The van der Waals surface area contributed by atoms with Crippen LogP contribution in [0.4, 0.5) is 23.4 Å². The van der Waals surface area contributed by atoms with Crippen LogP contribution in [0.5, 0.6) is 0 Å². The van der Waals surface area contributed by atoms with Crippen LogP contribution >= 0.6 is 0 Å². The summed E-state index contributed by atoms with van der Waals surface area (Å²) in [4.78, 5) is 20.3. The smallest absolute Gasteiger partial charge is 0.305 e. The Morgan fingerprint density at radius 3 is 2.51 bits per heavy atom. The van der Waals surface area contributed by atoms with Gasteiger partial charge in [-0.05, 0) is 42.5 Å². The number of imidazole rings is 1. The molecule has 4 heterocycles. The van der Waals surface area contributed by atoms with E-state index in [-0.39, 0.29) is 11.6 Å². The van der Waals surface area contributed by atoms with Gasteiger partial charge in [0.1, 0.15) is 11.5 Å². The van der Waals surface area contributed by atoms with Gasteiger partial charge in [0.15, 0.2) is 11.5 Å². The van der Waals surface area contributed by atoms with Gasteiger partial charge in [-0.1, -0.05) is 0 Å². The lowest BCUT2D eigenvalue weighted by Gasteiger charge is -2.11. The van der Waals surface area contributed by atoms with Crippen molar-refractivity contribution >= 4 is 17.4 Å². The molecule has 0 aliphatic heterocycles. The lowest BCUT2D eigenvalue weighted by Crippen LogP contribution is -2.19. The summed E-state index contributed by atoms with van der Waals surface area (Å²) >= 11 is 0. The maximum Gasteiger partial charge on any atom is 0.417 e. The van der Waals surface area contributed by atoms with Gasteiger partial charge >= 0.3 is 6.18 Å². The van der Waals surface area contributed by atoms with E-state index >= 15 is 0 Å². The van der Waals surface area contributed by atoms with Crippen molar-refractivity contribution < 1.29 is 22.4 Å². The molecule has 5 rings (SSSR count). The van der Waals surface area contributed by atoms with Gasteiger partial charge in [0.25, 0.3) is 5.91 Å². The highest BCUT2D eigenvalue weighted by molar-refractivity contribution is 6.04. The first-order chi connectivity index (χ1) is 16.7. The minimum absolute atomic E-state index is 0.0153. The van der Waals surface area contributed by atoms with Crippen molar-refractivity contribution in [2.24, 2.45) is 7.05 Å². The average molecular weight is 481 g/mol. The molecule has 1 aromatic carbocycles. The van der Waals surface area contributed by atoms with Gasteiger partial charge in [-0.2, -0.15) is 23.4 Å². The SMILES string of the molecule is Cn1cc(-c2ccc3nc(NC(=O)c4cnccc4C(F)(F)F)cn3n2)c(-c2ccc(F)cc2)n1. The molecule has 12 heteroatoms. The number of nitrogens with one attached hydrogen (secondary N) is 1. The van der Waals surface area contributed by atoms with Crippen molar-refractivity contribution in [2.45, 2.75) is 6.18 Å². The summed E-state index contributed by atoms with van der Waals surface area (Å²) in [5, 5.41) is 11.3. The van der Waals surface area contributed by atoms with Crippen LogP contribution in [0.15, 0.2) is 67.3 Å². The molecule has 8 nitrogen and oxygen atoms in total. The summed E-state index contributed by atoms with van der Waals surface area (Å²) < 4.78 is 56.0. The third-order valence-corrected chi connectivity index (χ3v) is 5.16. The van der Waals surface area contributed by atoms with Gasteiger partial charge in [0, 0.05) is 36.8 Å². The molecule has 0 saturated carbocycles. The molecular formula is C23H15F4N7O. The van der Waals surface area contributed by atoms with Crippen LogP contribution in [0.25, 0.3) is 28.2 Å². The average Bonchev–Trinajstić information content (AvgIpc) is 3.41.